The molecule has 1 aromatic carbocycles. The summed E-state index contributed by atoms with van der Waals surface area (Å²) in [7, 11) is 4.58. The number of nitrogens with one attached hydrogen (secondary N) is 1. The number of likely N-dealkylation sites (N-methyl/N-ethyl adjacent to an activating group) is 1. The molecular weight excluding hydrogens is 352 g/mol. The molecule has 27 heavy (non-hydrogen) atoms. The zero-order chi connectivity index (χ0) is 19.4. The van der Waals surface area contributed by atoms with Gasteiger partial charge >= 0.3 is 0 Å². The summed E-state index contributed by atoms with van der Waals surface area (Å²) in [6.07, 6.45) is 0. The van der Waals surface area contributed by atoms with Crippen LogP contribution in [0.2, 0.25) is 0 Å². The first-order valence-corrected chi connectivity index (χ1v) is 8.73. The number of ether oxygens (including phenoxy) is 3. The molecule has 1 fully saturated rings. The molecular formula is C18H24N4O5. The number of nitrogens with zero attached hydrogens (tertiary/aromatic N) is 3. The van der Waals surface area contributed by atoms with Gasteiger partial charge in [0.1, 0.15) is 12.4 Å². The Labute approximate surface area is 156 Å². The standard InChI is InChI=1S/C18H24N4O5/c1-19-17(23)11-22-16(10-21-4-6-27-7-5-21)20-13-9-15(26-3)14(25-2)8-12(13)18(22)24/h8-9H,4-7,10-11H2,1-3H3,(H,19,23). The lowest BCUT2D eigenvalue weighted by Gasteiger charge is -2.27. The number of methoxy groups -OCH3 is 2. The van der Waals surface area contributed by atoms with E-state index >= 15 is 0 Å². The average molecular weight is 376 g/mol. The van der Waals surface area contributed by atoms with E-state index in [4.69, 9.17) is 14.2 Å². The van der Waals surface area contributed by atoms with Crippen LogP contribution in [0.15, 0.2) is 16.9 Å². The number of morpholine rings is 1. The lowest BCUT2D eigenvalue weighted by molar-refractivity contribution is -0.121. The highest BCUT2D eigenvalue weighted by atomic mass is 16.5. The van der Waals surface area contributed by atoms with Gasteiger partial charge in [0.05, 0.1) is 44.9 Å². The van der Waals surface area contributed by atoms with Crippen LogP contribution in [0.4, 0.5) is 0 Å². The molecule has 0 unspecified atom stereocenters. The van der Waals surface area contributed by atoms with Gasteiger partial charge in [-0.25, -0.2) is 4.98 Å². The van der Waals surface area contributed by atoms with Gasteiger partial charge in [-0.3, -0.25) is 19.1 Å². The Bertz CT molecular complexity index is 889. The second-order valence-corrected chi connectivity index (χ2v) is 6.21. The van der Waals surface area contributed by atoms with Gasteiger partial charge in [0.2, 0.25) is 5.91 Å². The molecule has 1 aromatic heterocycles. The summed E-state index contributed by atoms with van der Waals surface area (Å²) < 4.78 is 17.4. The van der Waals surface area contributed by atoms with Gasteiger partial charge in [0.15, 0.2) is 11.5 Å². The highest BCUT2D eigenvalue weighted by molar-refractivity contribution is 5.82. The molecule has 2 aromatic rings. The van der Waals surface area contributed by atoms with Crippen LogP contribution in [0, 0.1) is 0 Å². The van der Waals surface area contributed by atoms with E-state index in [1.165, 1.54) is 25.8 Å². The molecule has 0 saturated carbocycles. The van der Waals surface area contributed by atoms with E-state index in [0.29, 0.717) is 48.0 Å². The summed E-state index contributed by atoms with van der Waals surface area (Å²) in [4.78, 5) is 31.9. The molecule has 3 rings (SSSR count). The van der Waals surface area contributed by atoms with Crippen molar-refractivity contribution in [2.45, 2.75) is 13.1 Å². The maximum absolute atomic E-state index is 13.1. The molecule has 9 nitrogen and oxygen atoms in total. The number of hydrogen-bond donors (Lipinski definition) is 1. The number of fused-ring (bicyclic) bond motifs is 1. The Morgan fingerprint density at radius 2 is 1.89 bits per heavy atom. The predicted molar refractivity (Wildman–Crippen MR) is 99.3 cm³/mol. The van der Waals surface area contributed by atoms with E-state index in [0.717, 1.165) is 13.1 Å². The van der Waals surface area contributed by atoms with Crippen molar-refractivity contribution >= 4 is 16.8 Å². The van der Waals surface area contributed by atoms with Crippen molar-refractivity contribution < 1.29 is 19.0 Å². The molecule has 2 heterocycles. The van der Waals surface area contributed by atoms with E-state index in [-0.39, 0.29) is 18.0 Å². The summed E-state index contributed by atoms with van der Waals surface area (Å²) in [5, 5.41) is 2.93. The van der Waals surface area contributed by atoms with Crippen molar-refractivity contribution in [1.29, 1.82) is 0 Å². The largest absolute Gasteiger partial charge is 0.493 e. The molecule has 1 saturated heterocycles. The van der Waals surface area contributed by atoms with Gasteiger partial charge in [0.25, 0.3) is 5.56 Å². The molecule has 1 aliphatic heterocycles. The zero-order valence-corrected chi connectivity index (χ0v) is 15.8. The number of carbonyl (C=O) groups excluding carboxylic acids is 1. The molecule has 146 valence electrons. The smallest absolute Gasteiger partial charge is 0.262 e. The van der Waals surface area contributed by atoms with Crippen LogP contribution in [-0.2, 0) is 22.6 Å². The molecule has 0 atom stereocenters. The van der Waals surface area contributed by atoms with Crippen molar-refractivity contribution in [3.8, 4) is 11.5 Å². The van der Waals surface area contributed by atoms with E-state index < -0.39 is 0 Å². The Balaban J connectivity index is 2.12. The van der Waals surface area contributed by atoms with Gasteiger partial charge in [-0.05, 0) is 6.07 Å². The van der Waals surface area contributed by atoms with Crippen LogP contribution in [0.25, 0.3) is 10.9 Å². The van der Waals surface area contributed by atoms with Crippen LogP contribution >= 0.6 is 0 Å². The van der Waals surface area contributed by atoms with Crippen molar-refractivity contribution in [2.75, 3.05) is 47.6 Å². The Kier molecular flexibility index (Phi) is 5.92. The topological polar surface area (TPSA) is 94.9 Å². The lowest BCUT2D eigenvalue weighted by Crippen LogP contribution is -2.39. The van der Waals surface area contributed by atoms with Gasteiger partial charge in [-0.2, -0.15) is 0 Å². The maximum atomic E-state index is 13.1. The summed E-state index contributed by atoms with van der Waals surface area (Å²) in [6.45, 7) is 3.14. The Hall–Kier alpha value is -2.65. The second-order valence-electron chi connectivity index (χ2n) is 6.21. The molecule has 0 spiro atoms. The number of rotatable bonds is 6. The normalized spacial score (nSPS) is 14.9. The minimum absolute atomic E-state index is 0.0910. The predicted octanol–water partition coefficient (Wildman–Crippen LogP) is -0.00810. The van der Waals surface area contributed by atoms with Crippen LogP contribution in [0.5, 0.6) is 11.5 Å². The highest BCUT2D eigenvalue weighted by Crippen LogP contribution is 2.30. The van der Waals surface area contributed by atoms with Crippen molar-refractivity contribution in [3.05, 3.63) is 28.3 Å². The summed E-state index contributed by atoms with van der Waals surface area (Å²) >= 11 is 0. The Morgan fingerprint density at radius 1 is 1.22 bits per heavy atom. The summed E-state index contributed by atoms with van der Waals surface area (Å²) in [5.74, 6) is 1.21. The first-order chi connectivity index (χ1) is 13.1. The number of amides is 1. The molecule has 1 amide bonds. The minimum atomic E-state index is -0.284. The van der Waals surface area contributed by atoms with Crippen LogP contribution in [-0.4, -0.2) is 67.9 Å². The third-order valence-corrected chi connectivity index (χ3v) is 4.59. The van der Waals surface area contributed by atoms with E-state index in [1.807, 2.05) is 0 Å². The minimum Gasteiger partial charge on any atom is -0.493 e. The van der Waals surface area contributed by atoms with Crippen LogP contribution in [0.3, 0.4) is 0 Å². The van der Waals surface area contributed by atoms with E-state index in [2.05, 4.69) is 15.2 Å². The Morgan fingerprint density at radius 3 is 2.52 bits per heavy atom. The SMILES string of the molecule is CNC(=O)Cn1c(CN2CCOCC2)nc2cc(OC)c(OC)cc2c1=O. The first kappa shape index (κ1) is 19.1. The number of benzene rings is 1. The van der Waals surface area contributed by atoms with Gasteiger partial charge in [-0.1, -0.05) is 0 Å². The average Bonchev–Trinajstić information content (AvgIpc) is 2.70. The van der Waals surface area contributed by atoms with Gasteiger partial charge < -0.3 is 19.5 Å². The highest BCUT2D eigenvalue weighted by Gasteiger charge is 2.19. The molecule has 1 N–H and O–H groups in total. The second kappa shape index (κ2) is 8.36. The maximum Gasteiger partial charge on any atom is 0.262 e. The van der Waals surface area contributed by atoms with E-state index in [1.54, 1.807) is 12.1 Å². The van der Waals surface area contributed by atoms with Gasteiger partial charge in [0, 0.05) is 26.2 Å². The summed E-state index contributed by atoms with van der Waals surface area (Å²) in [5.41, 5.74) is 0.224. The number of hydrogen-bond acceptors (Lipinski definition) is 7. The number of aromatic nitrogens is 2. The molecule has 9 heteroatoms. The van der Waals surface area contributed by atoms with Crippen LogP contribution in [0.1, 0.15) is 5.82 Å². The van der Waals surface area contributed by atoms with Crippen LogP contribution < -0.4 is 20.3 Å². The molecule has 1 aliphatic rings. The van der Waals surface area contributed by atoms with Crippen molar-refractivity contribution in [1.82, 2.24) is 19.8 Å². The molecule has 0 radical (unpaired) electrons. The quantitative estimate of drug-likeness (QED) is 0.758. The zero-order valence-electron chi connectivity index (χ0n) is 15.8. The van der Waals surface area contributed by atoms with E-state index in [9.17, 15) is 9.59 Å². The molecule has 0 bridgehead atoms. The van der Waals surface area contributed by atoms with Crippen molar-refractivity contribution in [3.63, 3.8) is 0 Å². The van der Waals surface area contributed by atoms with Gasteiger partial charge in [-0.15, -0.1) is 0 Å². The fraction of sp³-hybridized carbons (Fsp3) is 0.500. The summed E-state index contributed by atoms with van der Waals surface area (Å²) in [6, 6.07) is 3.28. The third kappa shape index (κ3) is 4.04. The number of carbonyl (C=O) groups is 1. The monoisotopic (exact) mass is 376 g/mol. The fourth-order valence-electron chi connectivity index (χ4n) is 3.06. The van der Waals surface area contributed by atoms with Crippen molar-refractivity contribution in [2.24, 2.45) is 0 Å². The first-order valence-electron chi connectivity index (χ1n) is 8.73. The third-order valence-electron chi connectivity index (χ3n) is 4.59. The fourth-order valence-corrected chi connectivity index (χ4v) is 3.06. The lowest BCUT2D eigenvalue weighted by atomic mass is 10.2. The molecule has 0 aliphatic carbocycles.